The Morgan fingerprint density at radius 3 is 2.45 bits per heavy atom. The highest BCUT2D eigenvalue weighted by molar-refractivity contribution is 5.93. The zero-order valence-corrected chi connectivity index (χ0v) is 12.5. The van der Waals surface area contributed by atoms with Gasteiger partial charge >= 0.3 is 0 Å². The van der Waals surface area contributed by atoms with E-state index in [4.69, 9.17) is 0 Å². The lowest BCUT2D eigenvalue weighted by Gasteiger charge is -2.18. The number of carbonyl (C=O) groups excluding carboxylic acids is 1. The molecule has 0 aliphatic carbocycles. The van der Waals surface area contributed by atoms with Crippen LogP contribution in [0.1, 0.15) is 11.5 Å². The molecule has 2 aromatic carbocycles. The molecule has 1 amide bonds. The molecule has 2 unspecified atom stereocenters. The van der Waals surface area contributed by atoms with Crippen molar-refractivity contribution in [2.24, 2.45) is 5.92 Å². The van der Waals surface area contributed by atoms with E-state index in [0.29, 0.717) is 5.69 Å². The molecule has 1 saturated heterocycles. The summed E-state index contributed by atoms with van der Waals surface area (Å²) < 4.78 is 12.9. The molecule has 1 N–H and O–H groups in total. The number of likely N-dealkylation sites (N-methyl/N-ethyl adjacent to an activating group) is 1. The molecule has 4 heteroatoms. The number of benzene rings is 2. The van der Waals surface area contributed by atoms with Gasteiger partial charge in [-0.25, -0.2) is 4.39 Å². The number of nitrogens with zero attached hydrogens (tertiary/aromatic N) is 1. The molecule has 1 aliphatic rings. The Bertz CT molecular complexity index is 642. The minimum Gasteiger partial charge on any atom is -0.326 e. The van der Waals surface area contributed by atoms with Gasteiger partial charge in [-0.15, -0.1) is 0 Å². The lowest BCUT2D eigenvalue weighted by Crippen LogP contribution is -2.28. The van der Waals surface area contributed by atoms with Gasteiger partial charge in [-0.2, -0.15) is 0 Å². The quantitative estimate of drug-likeness (QED) is 0.944. The van der Waals surface area contributed by atoms with E-state index in [0.717, 1.165) is 13.1 Å². The van der Waals surface area contributed by atoms with Gasteiger partial charge < -0.3 is 10.2 Å². The van der Waals surface area contributed by atoms with Crippen LogP contribution in [0, 0.1) is 11.7 Å². The highest BCUT2D eigenvalue weighted by Gasteiger charge is 2.36. The van der Waals surface area contributed by atoms with E-state index in [2.05, 4.69) is 22.3 Å². The maximum Gasteiger partial charge on any atom is 0.229 e. The van der Waals surface area contributed by atoms with Gasteiger partial charge in [0.05, 0.1) is 5.92 Å². The Morgan fingerprint density at radius 1 is 1.09 bits per heavy atom. The molecule has 0 aromatic heterocycles. The second-order valence-corrected chi connectivity index (χ2v) is 5.84. The number of likely N-dealkylation sites (tertiary alicyclic amines) is 1. The maximum atomic E-state index is 12.9. The molecule has 0 bridgehead atoms. The Morgan fingerprint density at radius 2 is 1.77 bits per heavy atom. The monoisotopic (exact) mass is 298 g/mol. The van der Waals surface area contributed by atoms with E-state index in [1.807, 2.05) is 25.2 Å². The fraction of sp³-hybridized carbons (Fsp3) is 0.278. The van der Waals surface area contributed by atoms with Gasteiger partial charge in [-0.3, -0.25) is 4.79 Å². The van der Waals surface area contributed by atoms with Crippen LogP contribution in [-0.4, -0.2) is 30.9 Å². The van der Waals surface area contributed by atoms with Crippen LogP contribution in [0.3, 0.4) is 0 Å². The van der Waals surface area contributed by atoms with Gasteiger partial charge in [0.25, 0.3) is 0 Å². The van der Waals surface area contributed by atoms with Gasteiger partial charge in [-0.1, -0.05) is 30.3 Å². The minimum absolute atomic E-state index is 0.00943. The van der Waals surface area contributed by atoms with E-state index in [-0.39, 0.29) is 23.6 Å². The fourth-order valence-corrected chi connectivity index (χ4v) is 3.07. The van der Waals surface area contributed by atoms with Crippen molar-refractivity contribution >= 4 is 11.6 Å². The van der Waals surface area contributed by atoms with Crippen molar-refractivity contribution in [1.82, 2.24) is 4.90 Å². The number of hydrogen-bond acceptors (Lipinski definition) is 2. The van der Waals surface area contributed by atoms with Crippen LogP contribution in [0.2, 0.25) is 0 Å². The van der Waals surface area contributed by atoms with Crippen LogP contribution in [0.4, 0.5) is 10.1 Å². The molecule has 1 aliphatic heterocycles. The topological polar surface area (TPSA) is 32.3 Å². The van der Waals surface area contributed by atoms with E-state index >= 15 is 0 Å². The van der Waals surface area contributed by atoms with Crippen molar-refractivity contribution in [3.05, 3.63) is 66.0 Å². The molecule has 3 nitrogen and oxygen atoms in total. The zero-order valence-electron chi connectivity index (χ0n) is 12.5. The molecule has 1 fully saturated rings. The van der Waals surface area contributed by atoms with Crippen LogP contribution in [-0.2, 0) is 4.79 Å². The number of hydrogen-bond donors (Lipinski definition) is 1. The lowest BCUT2D eigenvalue weighted by atomic mass is 9.88. The average molecular weight is 298 g/mol. The smallest absolute Gasteiger partial charge is 0.229 e. The third kappa shape index (κ3) is 3.17. The van der Waals surface area contributed by atoms with Crippen LogP contribution in [0.15, 0.2) is 54.6 Å². The van der Waals surface area contributed by atoms with Gasteiger partial charge in [-0.05, 0) is 36.9 Å². The standard InChI is InChI=1S/C18H19FN2O/c1-21-11-16(13-5-3-2-4-6-13)17(12-21)18(22)20-15-9-7-14(19)8-10-15/h2-10,16-17H,11-12H2,1H3,(H,20,22). The molecule has 2 atom stereocenters. The molecule has 3 rings (SSSR count). The SMILES string of the molecule is CN1CC(C(=O)Nc2ccc(F)cc2)C(c2ccccc2)C1. The van der Waals surface area contributed by atoms with Crippen molar-refractivity contribution in [2.75, 3.05) is 25.5 Å². The molecule has 22 heavy (non-hydrogen) atoms. The third-order valence-electron chi connectivity index (χ3n) is 4.18. The van der Waals surface area contributed by atoms with Gasteiger partial charge in [0, 0.05) is 24.7 Å². The Hall–Kier alpha value is -2.20. The van der Waals surface area contributed by atoms with Crippen molar-refractivity contribution in [3.63, 3.8) is 0 Å². The van der Waals surface area contributed by atoms with Crippen molar-refractivity contribution in [3.8, 4) is 0 Å². The molecule has 0 spiro atoms. The van der Waals surface area contributed by atoms with Crippen LogP contribution in [0.5, 0.6) is 0 Å². The predicted octanol–water partition coefficient (Wildman–Crippen LogP) is 3.11. The summed E-state index contributed by atoms with van der Waals surface area (Å²) in [5.41, 5.74) is 1.82. The van der Waals surface area contributed by atoms with Gasteiger partial charge in [0.2, 0.25) is 5.91 Å². The number of amides is 1. The maximum absolute atomic E-state index is 12.9. The molecule has 0 radical (unpaired) electrons. The number of halogens is 1. The number of carbonyl (C=O) groups is 1. The number of rotatable bonds is 3. The number of anilines is 1. The van der Waals surface area contributed by atoms with E-state index in [9.17, 15) is 9.18 Å². The Labute approximate surface area is 129 Å². The second kappa shape index (κ2) is 6.28. The Balaban J connectivity index is 1.76. The van der Waals surface area contributed by atoms with Crippen LogP contribution >= 0.6 is 0 Å². The molecule has 114 valence electrons. The molecular formula is C18H19FN2O. The van der Waals surface area contributed by atoms with Crippen molar-refractivity contribution in [1.29, 1.82) is 0 Å². The normalized spacial score (nSPS) is 21.7. The largest absolute Gasteiger partial charge is 0.326 e. The van der Waals surface area contributed by atoms with Gasteiger partial charge in [0.1, 0.15) is 5.82 Å². The molecule has 1 heterocycles. The summed E-state index contributed by atoms with van der Waals surface area (Å²) in [6.07, 6.45) is 0. The van der Waals surface area contributed by atoms with E-state index in [1.54, 1.807) is 12.1 Å². The zero-order chi connectivity index (χ0) is 15.5. The van der Waals surface area contributed by atoms with Gasteiger partial charge in [0.15, 0.2) is 0 Å². The summed E-state index contributed by atoms with van der Waals surface area (Å²) in [4.78, 5) is 14.8. The second-order valence-electron chi connectivity index (χ2n) is 5.84. The minimum atomic E-state index is -0.305. The Kier molecular flexibility index (Phi) is 4.20. The highest BCUT2D eigenvalue weighted by Crippen LogP contribution is 2.32. The van der Waals surface area contributed by atoms with Crippen LogP contribution < -0.4 is 5.32 Å². The van der Waals surface area contributed by atoms with Crippen molar-refractivity contribution in [2.45, 2.75) is 5.92 Å². The summed E-state index contributed by atoms with van der Waals surface area (Å²) >= 11 is 0. The lowest BCUT2D eigenvalue weighted by molar-refractivity contribution is -0.119. The van der Waals surface area contributed by atoms with Crippen LogP contribution in [0.25, 0.3) is 0 Å². The predicted molar refractivity (Wildman–Crippen MR) is 85.2 cm³/mol. The molecule has 0 saturated carbocycles. The summed E-state index contributed by atoms with van der Waals surface area (Å²) in [7, 11) is 2.03. The van der Waals surface area contributed by atoms with Crippen molar-refractivity contribution < 1.29 is 9.18 Å². The fourth-order valence-electron chi connectivity index (χ4n) is 3.07. The summed E-state index contributed by atoms with van der Waals surface area (Å²) in [5.74, 6) is -0.227. The summed E-state index contributed by atoms with van der Waals surface area (Å²) in [6, 6.07) is 16.0. The van der Waals surface area contributed by atoms with E-state index in [1.165, 1.54) is 17.7 Å². The molecule has 2 aromatic rings. The summed E-state index contributed by atoms with van der Waals surface area (Å²) in [5, 5.41) is 2.90. The first-order valence-electron chi connectivity index (χ1n) is 7.43. The first-order chi connectivity index (χ1) is 10.6. The highest BCUT2D eigenvalue weighted by atomic mass is 19.1. The average Bonchev–Trinajstić information content (AvgIpc) is 2.92. The van der Waals surface area contributed by atoms with E-state index < -0.39 is 0 Å². The third-order valence-corrected chi connectivity index (χ3v) is 4.18. The molecular weight excluding hydrogens is 279 g/mol. The first-order valence-corrected chi connectivity index (χ1v) is 7.43. The number of nitrogens with one attached hydrogen (secondary N) is 1. The first kappa shape index (κ1) is 14.7. The summed E-state index contributed by atoms with van der Waals surface area (Å²) in [6.45, 7) is 1.60.